The van der Waals surface area contributed by atoms with Crippen LogP contribution >= 0.6 is 38.9 Å². The van der Waals surface area contributed by atoms with Gasteiger partial charge in [0.05, 0.1) is 32.3 Å². The summed E-state index contributed by atoms with van der Waals surface area (Å²) in [5.41, 5.74) is 10.4. The van der Waals surface area contributed by atoms with Crippen LogP contribution in [0.2, 0.25) is 5.02 Å². The van der Waals surface area contributed by atoms with E-state index in [9.17, 15) is 4.39 Å². The summed E-state index contributed by atoms with van der Waals surface area (Å²) in [5, 5.41) is 3.38. The standard InChI is InChI=1S/C13H8BrClFN3S/c14-7-3-6(16)4-8(15)12(7)19-9-1-2-10-13(11(9)17)18-5-20-10/h1-5,19H,17H2. The van der Waals surface area contributed by atoms with Crippen LogP contribution in [0.5, 0.6) is 0 Å². The molecule has 0 aliphatic heterocycles. The molecule has 0 radical (unpaired) electrons. The zero-order valence-corrected chi connectivity index (χ0v) is 13.1. The average molecular weight is 373 g/mol. The number of nitrogens with zero attached hydrogens (tertiary/aromatic N) is 1. The molecule has 0 bridgehead atoms. The van der Waals surface area contributed by atoms with E-state index in [1.165, 1.54) is 23.5 Å². The van der Waals surface area contributed by atoms with Crippen molar-refractivity contribution < 1.29 is 4.39 Å². The van der Waals surface area contributed by atoms with E-state index in [1.54, 1.807) is 5.51 Å². The van der Waals surface area contributed by atoms with E-state index >= 15 is 0 Å². The van der Waals surface area contributed by atoms with Crippen LogP contribution in [0.15, 0.2) is 34.2 Å². The fourth-order valence-electron chi connectivity index (χ4n) is 1.86. The lowest BCUT2D eigenvalue weighted by molar-refractivity contribution is 0.627. The van der Waals surface area contributed by atoms with E-state index in [4.69, 9.17) is 17.3 Å². The maximum atomic E-state index is 13.2. The topological polar surface area (TPSA) is 50.9 Å². The van der Waals surface area contributed by atoms with Gasteiger partial charge in [-0.2, -0.15) is 0 Å². The molecule has 3 rings (SSSR count). The molecule has 20 heavy (non-hydrogen) atoms. The molecule has 3 aromatic rings. The summed E-state index contributed by atoms with van der Waals surface area (Å²) in [7, 11) is 0. The molecule has 0 unspecified atom stereocenters. The number of nitrogen functional groups attached to an aromatic ring is 1. The van der Waals surface area contributed by atoms with E-state index < -0.39 is 5.82 Å². The van der Waals surface area contributed by atoms with Crippen LogP contribution in [0.25, 0.3) is 10.2 Å². The molecule has 0 amide bonds. The molecule has 0 spiro atoms. The predicted molar refractivity (Wildman–Crippen MR) is 86.4 cm³/mol. The Labute approximate surface area is 131 Å². The first-order chi connectivity index (χ1) is 9.56. The third-order valence-electron chi connectivity index (χ3n) is 2.81. The first-order valence-electron chi connectivity index (χ1n) is 5.59. The first kappa shape index (κ1) is 13.6. The second-order valence-corrected chi connectivity index (χ2v) is 6.24. The Morgan fingerprint density at radius 3 is 2.90 bits per heavy atom. The molecule has 0 saturated heterocycles. The van der Waals surface area contributed by atoms with Gasteiger partial charge < -0.3 is 11.1 Å². The molecule has 0 atom stereocenters. The van der Waals surface area contributed by atoms with Gasteiger partial charge in [-0.1, -0.05) is 11.6 Å². The lowest BCUT2D eigenvalue weighted by Gasteiger charge is -2.13. The van der Waals surface area contributed by atoms with Crippen LogP contribution in [0.3, 0.4) is 0 Å². The van der Waals surface area contributed by atoms with E-state index in [1.807, 2.05) is 12.1 Å². The van der Waals surface area contributed by atoms with Gasteiger partial charge in [0, 0.05) is 4.47 Å². The molecule has 0 saturated carbocycles. The summed E-state index contributed by atoms with van der Waals surface area (Å²) in [5.74, 6) is -0.407. The maximum Gasteiger partial charge on any atom is 0.125 e. The summed E-state index contributed by atoms with van der Waals surface area (Å²) in [6, 6.07) is 6.36. The van der Waals surface area contributed by atoms with Gasteiger partial charge in [0.1, 0.15) is 11.3 Å². The normalized spacial score (nSPS) is 10.9. The summed E-state index contributed by atoms with van der Waals surface area (Å²) < 4.78 is 14.8. The monoisotopic (exact) mass is 371 g/mol. The number of aromatic nitrogens is 1. The number of fused-ring (bicyclic) bond motifs is 1. The van der Waals surface area contributed by atoms with Gasteiger partial charge in [0.25, 0.3) is 0 Å². The molecular weight excluding hydrogens is 365 g/mol. The van der Waals surface area contributed by atoms with E-state index in [0.717, 1.165) is 10.2 Å². The molecule has 7 heteroatoms. The van der Waals surface area contributed by atoms with Crippen molar-refractivity contribution in [1.29, 1.82) is 0 Å². The molecule has 3 nitrogen and oxygen atoms in total. The number of hydrogen-bond acceptors (Lipinski definition) is 4. The SMILES string of the molecule is Nc1c(Nc2c(Cl)cc(F)cc2Br)ccc2scnc12. The van der Waals surface area contributed by atoms with Crippen LogP contribution in [-0.2, 0) is 0 Å². The second kappa shape index (κ2) is 5.20. The Hall–Kier alpha value is -1.37. The Morgan fingerprint density at radius 1 is 1.35 bits per heavy atom. The maximum absolute atomic E-state index is 13.2. The first-order valence-corrected chi connectivity index (χ1v) is 7.64. The Morgan fingerprint density at radius 2 is 2.15 bits per heavy atom. The molecule has 102 valence electrons. The number of rotatable bonds is 2. The number of nitrogens with two attached hydrogens (primary N) is 1. The number of halogens is 3. The van der Waals surface area contributed by atoms with Crippen molar-refractivity contribution in [3.63, 3.8) is 0 Å². The van der Waals surface area contributed by atoms with Gasteiger partial charge in [-0.15, -0.1) is 11.3 Å². The van der Waals surface area contributed by atoms with Gasteiger partial charge in [0.15, 0.2) is 0 Å². The zero-order valence-electron chi connectivity index (χ0n) is 9.95. The quantitative estimate of drug-likeness (QED) is 0.610. The molecule has 1 heterocycles. The number of benzene rings is 2. The van der Waals surface area contributed by atoms with Crippen molar-refractivity contribution in [2.45, 2.75) is 0 Å². The highest BCUT2D eigenvalue weighted by Gasteiger charge is 2.12. The van der Waals surface area contributed by atoms with Crippen LogP contribution in [0.1, 0.15) is 0 Å². The number of nitrogens with one attached hydrogen (secondary N) is 1. The van der Waals surface area contributed by atoms with Crippen molar-refractivity contribution in [2.24, 2.45) is 0 Å². The lowest BCUT2D eigenvalue weighted by atomic mass is 10.2. The molecular formula is C13H8BrClFN3S. The van der Waals surface area contributed by atoms with Gasteiger partial charge in [-0.05, 0) is 40.2 Å². The highest BCUT2D eigenvalue weighted by atomic mass is 79.9. The van der Waals surface area contributed by atoms with Crippen molar-refractivity contribution in [2.75, 3.05) is 11.1 Å². The summed E-state index contributed by atoms with van der Waals surface area (Å²) in [6.07, 6.45) is 0. The highest BCUT2D eigenvalue weighted by molar-refractivity contribution is 9.10. The van der Waals surface area contributed by atoms with Crippen LogP contribution in [-0.4, -0.2) is 4.98 Å². The van der Waals surface area contributed by atoms with E-state index in [2.05, 4.69) is 26.2 Å². The fraction of sp³-hybridized carbons (Fsp3) is 0. The minimum Gasteiger partial charge on any atom is -0.395 e. The Bertz CT molecular complexity index is 782. The largest absolute Gasteiger partial charge is 0.395 e. The molecule has 0 fully saturated rings. The third-order valence-corrected chi connectivity index (χ3v) is 4.53. The molecule has 1 aromatic heterocycles. The van der Waals surface area contributed by atoms with Crippen molar-refractivity contribution in [3.8, 4) is 0 Å². The van der Waals surface area contributed by atoms with Crippen molar-refractivity contribution in [1.82, 2.24) is 4.98 Å². The highest BCUT2D eigenvalue weighted by Crippen LogP contribution is 2.37. The van der Waals surface area contributed by atoms with Gasteiger partial charge in [-0.3, -0.25) is 0 Å². The average Bonchev–Trinajstić information content (AvgIpc) is 2.85. The van der Waals surface area contributed by atoms with Gasteiger partial charge >= 0.3 is 0 Å². The third kappa shape index (κ3) is 2.34. The van der Waals surface area contributed by atoms with E-state index in [-0.39, 0.29) is 5.02 Å². The smallest absolute Gasteiger partial charge is 0.125 e. The summed E-state index contributed by atoms with van der Waals surface area (Å²) in [6.45, 7) is 0. The van der Waals surface area contributed by atoms with Crippen LogP contribution in [0, 0.1) is 5.82 Å². The Kier molecular flexibility index (Phi) is 3.54. The minimum atomic E-state index is -0.407. The summed E-state index contributed by atoms with van der Waals surface area (Å²) >= 11 is 10.8. The van der Waals surface area contributed by atoms with E-state index in [0.29, 0.717) is 21.5 Å². The number of thiazole rings is 1. The van der Waals surface area contributed by atoms with Crippen LogP contribution < -0.4 is 11.1 Å². The molecule has 3 N–H and O–H groups in total. The Balaban J connectivity index is 2.07. The van der Waals surface area contributed by atoms with Crippen LogP contribution in [0.4, 0.5) is 21.5 Å². The second-order valence-electron chi connectivity index (χ2n) is 4.10. The van der Waals surface area contributed by atoms with Crippen molar-refractivity contribution in [3.05, 3.63) is 45.1 Å². The number of anilines is 3. The molecule has 2 aromatic carbocycles. The predicted octanol–water partition coefficient (Wildman–Crippen LogP) is 5.18. The van der Waals surface area contributed by atoms with Gasteiger partial charge in [0.2, 0.25) is 0 Å². The lowest BCUT2D eigenvalue weighted by Crippen LogP contribution is -1.98. The van der Waals surface area contributed by atoms with Crippen molar-refractivity contribution >= 4 is 66.1 Å². The fourth-order valence-corrected chi connectivity index (χ4v) is 3.45. The summed E-state index contributed by atoms with van der Waals surface area (Å²) in [4.78, 5) is 4.23. The van der Waals surface area contributed by atoms with Gasteiger partial charge in [-0.25, -0.2) is 9.37 Å². The molecule has 0 aliphatic carbocycles. The molecule has 0 aliphatic rings. The zero-order chi connectivity index (χ0) is 14.3. The number of hydrogen-bond donors (Lipinski definition) is 2. The minimum absolute atomic E-state index is 0.273.